The third-order valence-electron chi connectivity index (χ3n) is 3.16. The molecule has 0 aliphatic carbocycles. The molecule has 0 fully saturated rings. The maximum absolute atomic E-state index is 11.9. The summed E-state index contributed by atoms with van der Waals surface area (Å²) in [5.74, 6) is 0.595. The molecule has 2 rings (SSSR count). The van der Waals surface area contributed by atoms with Crippen molar-refractivity contribution in [2.45, 2.75) is 12.8 Å². The molecule has 1 aromatic heterocycles. The predicted molar refractivity (Wildman–Crippen MR) is 87.2 cm³/mol. The number of nitrogens with zero attached hydrogens (tertiary/aromatic N) is 2. The van der Waals surface area contributed by atoms with Gasteiger partial charge in [-0.15, -0.1) is 0 Å². The number of ketones is 1. The first-order chi connectivity index (χ1) is 10.6. The number of carbonyl (C=O) groups is 2. The summed E-state index contributed by atoms with van der Waals surface area (Å²) in [4.78, 5) is 29.9. The van der Waals surface area contributed by atoms with Gasteiger partial charge in [0.05, 0.1) is 11.9 Å². The van der Waals surface area contributed by atoms with Crippen molar-refractivity contribution in [3.05, 3.63) is 54.2 Å². The van der Waals surface area contributed by atoms with Gasteiger partial charge < -0.3 is 10.2 Å². The summed E-state index contributed by atoms with van der Waals surface area (Å²) in [7, 11) is 3.80. The molecular weight excluding hydrogens is 278 g/mol. The van der Waals surface area contributed by atoms with E-state index in [1.165, 1.54) is 0 Å². The van der Waals surface area contributed by atoms with E-state index in [1.54, 1.807) is 24.4 Å². The zero-order valence-corrected chi connectivity index (χ0v) is 12.7. The summed E-state index contributed by atoms with van der Waals surface area (Å²) in [6.45, 7) is 0. The van der Waals surface area contributed by atoms with E-state index in [0.29, 0.717) is 11.3 Å². The number of benzene rings is 1. The fourth-order valence-electron chi connectivity index (χ4n) is 1.94. The fourth-order valence-corrected chi connectivity index (χ4v) is 1.94. The fraction of sp³-hybridized carbons (Fsp3) is 0.235. The first-order valence-electron chi connectivity index (χ1n) is 7.08. The van der Waals surface area contributed by atoms with Crippen LogP contribution in [0.15, 0.2) is 48.7 Å². The lowest BCUT2D eigenvalue weighted by Gasteiger charge is -2.11. The van der Waals surface area contributed by atoms with Gasteiger partial charge in [0.2, 0.25) is 5.91 Å². The molecule has 0 bridgehead atoms. The van der Waals surface area contributed by atoms with E-state index in [4.69, 9.17) is 0 Å². The van der Waals surface area contributed by atoms with Gasteiger partial charge in [0.1, 0.15) is 5.82 Å². The van der Waals surface area contributed by atoms with Gasteiger partial charge in [0.15, 0.2) is 5.78 Å². The molecule has 5 nitrogen and oxygen atoms in total. The average molecular weight is 297 g/mol. The second-order valence-electron chi connectivity index (χ2n) is 5.14. The zero-order valence-electron chi connectivity index (χ0n) is 12.7. The van der Waals surface area contributed by atoms with E-state index in [-0.39, 0.29) is 24.5 Å². The number of anilines is 2. The van der Waals surface area contributed by atoms with E-state index in [2.05, 4.69) is 10.3 Å². The molecule has 0 radical (unpaired) electrons. The molecular formula is C17H19N3O2. The van der Waals surface area contributed by atoms with Crippen molar-refractivity contribution >= 4 is 23.2 Å². The molecule has 1 aromatic carbocycles. The molecule has 0 saturated carbocycles. The van der Waals surface area contributed by atoms with Crippen LogP contribution in [0.2, 0.25) is 0 Å². The van der Waals surface area contributed by atoms with Crippen LogP contribution in [0.25, 0.3) is 0 Å². The topological polar surface area (TPSA) is 62.3 Å². The Balaban J connectivity index is 1.84. The third kappa shape index (κ3) is 4.41. The minimum Gasteiger partial charge on any atom is -0.363 e. The van der Waals surface area contributed by atoms with E-state index in [1.807, 2.05) is 43.3 Å². The lowest BCUT2D eigenvalue weighted by molar-refractivity contribution is -0.116. The molecule has 1 N–H and O–H groups in total. The van der Waals surface area contributed by atoms with Gasteiger partial charge in [-0.1, -0.05) is 30.3 Å². The Bertz CT molecular complexity index is 637. The summed E-state index contributed by atoms with van der Waals surface area (Å²) in [6.07, 6.45) is 1.95. The number of pyridine rings is 1. The molecule has 0 aliphatic heterocycles. The van der Waals surface area contributed by atoms with Crippen molar-refractivity contribution in [1.82, 2.24) is 4.98 Å². The average Bonchev–Trinajstić information content (AvgIpc) is 2.54. The number of carbonyl (C=O) groups excluding carboxylic acids is 2. The maximum atomic E-state index is 11.9. The highest BCUT2D eigenvalue weighted by Crippen LogP contribution is 2.12. The van der Waals surface area contributed by atoms with Crippen LogP contribution in [-0.2, 0) is 4.79 Å². The summed E-state index contributed by atoms with van der Waals surface area (Å²) >= 11 is 0. The van der Waals surface area contributed by atoms with Gasteiger partial charge in [-0.25, -0.2) is 4.98 Å². The van der Waals surface area contributed by atoms with Crippen LogP contribution in [0.5, 0.6) is 0 Å². The van der Waals surface area contributed by atoms with Crippen LogP contribution < -0.4 is 10.2 Å². The first kappa shape index (κ1) is 15.7. The second-order valence-corrected chi connectivity index (χ2v) is 5.14. The molecule has 1 amide bonds. The molecule has 22 heavy (non-hydrogen) atoms. The van der Waals surface area contributed by atoms with Gasteiger partial charge in [-0.3, -0.25) is 9.59 Å². The Labute approximate surface area is 130 Å². The molecule has 2 aromatic rings. The van der Waals surface area contributed by atoms with Crippen LogP contribution >= 0.6 is 0 Å². The normalized spacial score (nSPS) is 10.1. The van der Waals surface area contributed by atoms with Crippen molar-refractivity contribution < 1.29 is 9.59 Å². The Kier molecular flexibility index (Phi) is 5.25. The van der Waals surface area contributed by atoms with E-state index < -0.39 is 0 Å². The smallest absolute Gasteiger partial charge is 0.224 e. The van der Waals surface area contributed by atoms with Gasteiger partial charge in [0, 0.05) is 32.5 Å². The number of rotatable bonds is 6. The summed E-state index contributed by atoms with van der Waals surface area (Å²) in [5, 5.41) is 2.74. The van der Waals surface area contributed by atoms with Crippen molar-refractivity contribution in [2.75, 3.05) is 24.3 Å². The van der Waals surface area contributed by atoms with Gasteiger partial charge in [-0.05, 0) is 12.1 Å². The summed E-state index contributed by atoms with van der Waals surface area (Å²) in [6, 6.07) is 12.6. The Hall–Kier alpha value is -2.69. The summed E-state index contributed by atoms with van der Waals surface area (Å²) in [5.41, 5.74) is 1.26. The molecule has 114 valence electrons. The zero-order chi connectivity index (χ0) is 15.9. The maximum Gasteiger partial charge on any atom is 0.224 e. The third-order valence-corrected chi connectivity index (χ3v) is 3.16. The molecule has 0 saturated heterocycles. The SMILES string of the molecule is CN(C)c1ccc(NC(=O)CCC(=O)c2ccccc2)cn1. The van der Waals surface area contributed by atoms with Gasteiger partial charge >= 0.3 is 0 Å². The Morgan fingerprint density at radius 3 is 2.36 bits per heavy atom. The highest BCUT2D eigenvalue weighted by atomic mass is 16.2. The number of nitrogens with one attached hydrogen (secondary N) is 1. The van der Waals surface area contributed by atoms with Crippen LogP contribution in [0, 0.1) is 0 Å². The lowest BCUT2D eigenvalue weighted by Crippen LogP contribution is -2.14. The number of hydrogen-bond acceptors (Lipinski definition) is 4. The van der Waals surface area contributed by atoms with Crippen molar-refractivity contribution in [1.29, 1.82) is 0 Å². The molecule has 5 heteroatoms. The van der Waals surface area contributed by atoms with E-state index in [9.17, 15) is 9.59 Å². The number of Topliss-reactive ketones (excluding diaryl/α,β-unsaturated/α-hetero) is 1. The molecule has 1 heterocycles. The van der Waals surface area contributed by atoms with Crippen LogP contribution in [0.1, 0.15) is 23.2 Å². The molecule has 0 atom stereocenters. The van der Waals surface area contributed by atoms with Crippen LogP contribution in [-0.4, -0.2) is 30.8 Å². The first-order valence-corrected chi connectivity index (χ1v) is 7.08. The highest BCUT2D eigenvalue weighted by Gasteiger charge is 2.09. The second kappa shape index (κ2) is 7.36. The van der Waals surface area contributed by atoms with Crippen LogP contribution in [0.4, 0.5) is 11.5 Å². The number of aromatic nitrogens is 1. The predicted octanol–water partition coefficient (Wildman–Crippen LogP) is 2.75. The van der Waals surface area contributed by atoms with E-state index >= 15 is 0 Å². The highest BCUT2D eigenvalue weighted by molar-refractivity contribution is 5.99. The minimum absolute atomic E-state index is 0.0307. The monoisotopic (exact) mass is 297 g/mol. The van der Waals surface area contributed by atoms with Crippen LogP contribution in [0.3, 0.4) is 0 Å². The van der Waals surface area contributed by atoms with Gasteiger partial charge in [0.25, 0.3) is 0 Å². The molecule has 0 spiro atoms. The summed E-state index contributed by atoms with van der Waals surface area (Å²) < 4.78 is 0. The molecule has 0 aliphatic rings. The quantitative estimate of drug-likeness (QED) is 0.833. The Morgan fingerprint density at radius 1 is 1.05 bits per heavy atom. The minimum atomic E-state index is -0.191. The number of hydrogen-bond donors (Lipinski definition) is 1. The van der Waals surface area contributed by atoms with Crippen molar-refractivity contribution in [2.24, 2.45) is 0 Å². The molecule has 0 unspecified atom stereocenters. The largest absolute Gasteiger partial charge is 0.363 e. The standard InChI is InChI=1S/C17H19N3O2/c1-20(2)16-10-8-14(12-18-16)19-17(22)11-9-15(21)13-6-4-3-5-7-13/h3-8,10,12H,9,11H2,1-2H3,(H,19,22). The van der Waals surface area contributed by atoms with E-state index in [0.717, 1.165) is 5.82 Å². The van der Waals surface area contributed by atoms with Gasteiger partial charge in [-0.2, -0.15) is 0 Å². The van der Waals surface area contributed by atoms with Crippen molar-refractivity contribution in [3.8, 4) is 0 Å². The lowest BCUT2D eigenvalue weighted by atomic mass is 10.1. The van der Waals surface area contributed by atoms with Crippen molar-refractivity contribution in [3.63, 3.8) is 0 Å². The Morgan fingerprint density at radius 2 is 1.77 bits per heavy atom. The number of amides is 1.